The predicted octanol–water partition coefficient (Wildman–Crippen LogP) is 2.92. The van der Waals surface area contributed by atoms with Crippen LogP contribution in [0.5, 0.6) is 0 Å². The SMILES string of the molecule is CCOC(=O)c1cc(C)sc1NC(=O)[C@H]1[C@@H]2CC[C@@H](C2)[C@@H]1C(=O)O. The highest BCUT2D eigenvalue weighted by atomic mass is 32.1. The molecule has 2 saturated carbocycles. The number of carbonyl (C=O) groups is 3. The van der Waals surface area contributed by atoms with E-state index in [-0.39, 0.29) is 24.3 Å². The lowest BCUT2D eigenvalue weighted by atomic mass is 9.79. The Hall–Kier alpha value is -1.89. The van der Waals surface area contributed by atoms with Crippen LogP contribution in [0, 0.1) is 30.6 Å². The lowest BCUT2D eigenvalue weighted by molar-refractivity contribution is -0.148. The van der Waals surface area contributed by atoms with Crippen molar-refractivity contribution >= 4 is 34.2 Å². The number of aryl methyl sites for hydroxylation is 1. The normalized spacial score (nSPS) is 27.9. The highest BCUT2D eigenvalue weighted by Crippen LogP contribution is 2.52. The summed E-state index contributed by atoms with van der Waals surface area (Å²) in [5, 5.41) is 12.7. The van der Waals surface area contributed by atoms with Crippen molar-refractivity contribution in [2.24, 2.45) is 23.7 Å². The van der Waals surface area contributed by atoms with Crippen LogP contribution in [0.2, 0.25) is 0 Å². The Labute approximate surface area is 144 Å². The Balaban J connectivity index is 1.80. The topological polar surface area (TPSA) is 92.7 Å². The van der Waals surface area contributed by atoms with Crippen LogP contribution in [-0.4, -0.2) is 29.6 Å². The minimum Gasteiger partial charge on any atom is -0.481 e. The van der Waals surface area contributed by atoms with Crippen LogP contribution in [0.4, 0.5) is 5.00 Å². The van der Waals surface area contributed by atoms with E-state index in [9.17, 15) is 19.5 Å². The van der Waals surface area contributed by atoms with Crippen molar-refractivity contribution in [3.8, 4) is 0 Å². The van der Waals surface area contributed by atoms with Gasteiger partial charge in [-0.2, -0.15) is 0 Å². The number of aliphatic carboxylic acids is 1. The zero-order valence-corrected chi connectivity index (χ0v) is 14.5. The van der Waals surface area contributed by atoms with Crippen molar-refractivity contribution in [3.63, 3.8) is 0 Å². The minimum atomic E-state index is -0.893. The van der Waals surface area contributed by atoms with Crippen LogP contribution in [0.25, 0.3) is 0 Å². The number of carbonyl (C=O) groups excluding carboxylic acids is 2. The van der Waals surface area contributed by atoms with Crippen LogP contribution in [0.15, 0.2) is 6.07 Å². The van der Waals surface area contributed by atoms with Crippen molar-refractivity contribution in [1.29, 1.82) is 0 Å². The Bertz CT molecular complexity index is 683. The fourth-order valence-corrected chi connectivity index (χ4v) is 5.09. The lowest BCUT2D eigenvalue weighted by Crippen LogP contribution is -2.37. The van der Waals surface area contributed by atoms with Gasteiger partial charge in [0.2, 0.25) is 5.91 Å². The van der Waals surface area contributed by atoms with Crippen LogP contribution in [-0.2, 0) is 14.3 Å². The number of esters is 1. The molecule has 0 radical (unpaired) electrons. The number of carboxylic acid groups (broad SMARTS) is 1. The number of fused-ring (bicyclic) bond motifs is 2. The highest BCUT2D eigenvalue weighted by molar-refractivity contribution is 7.16. The molecule has 7 heteroatoms. The average Bonchev–Trinajstić information content (AvgIpc) is 3.20. The molecule has 130 valence electrons. The van der Waals surface area contributed by atoms with E-state index in [4.69, 9.17) is 4.74 Å². The standard InChI is InChI=1S/C17H21NO5S/c1-3-23-17(22)11-6-8(2)24-15(11)18-14(19)12-9-4-5-10(7-9)13(12)16(20)21/h6,9-10,12-13H,3-5,7H2,1-2H3,(H,18,19)(H,20,21)/t9-,10+,12+,13+/m1/s1. The summed E-state index contributed by atoms with van der Waals surface area (Å²) in [6, 6.07) is 1.69. The van der Waals surface area contributed by atoms with Crippen LogP contribution in [0.1, 0.15) is 41.4 Å². The van der Waals surface area contributed by atoms with Gasteiger partial charge in [0.25, 0.3) is 0 Å². The number of amides is 1. The summed E-state index contributed by atoms with van der Waals surface area (Å²) in [5.41, 5.74) is 0.336. The third-order valence-electron chi connectivity index (χ3n) is 5.09. The molecule has 0 saturated heterocycles. The first-order valence-corrected chi connectivity index (χ1v) is 9.05. The Morgan fingerprint density at radius 1 is 1.29 bits per heavy atom. The minimum absolute atomic E-state index is 0.0952. The fourth-order valence-electron chi connectivity index (χ4n) is 4.19. The molecule has 4 atom stereocenters. The van der Waals surface area contributed by atoms with E-state index in [2.05, 4.69) is 5.32 Å². The Kier molecular flexibility index (Phi) is 4.62. The molecule has 1 amide bonds. The summed E-state index contributed by atoms with van der Waals surface area (Å²) in [6.45, 7) is 3.83. The molecule has 3 rings (SSSR count). The van der Waals surface area contributed by atoms with Crippen molar-refractivity contribution in [2.45, 2.75) is 33.1 Å². The summed E-state index contributed by atoms with van der Waals surface area (Å²) in [6.07, 6.45) is 2.60. The van der Waals surface area contributed by atoms with Crippen LogP contribution >= 0.6 is 11.3 Å². The first-order valence-electron chi connectivity index (χ1n) is 8.23. The van der Waals surface area contributed by atoms with Gasteiger partial charge in [-0.3, -0.25) is 9.59 Å². The van der Waals surface area contributed by atoms with Gasteiger partial charge >= 0.3 is 11.9 Å². The largest absolute Gasteiger partial charge is 0.481 e. The molecule has 6 nitrogen and oxygen atoms in total. The summed E-state index contributed by atoms with van der Waals surface area (Å²) in [5.74, 6) is -2.56. The van der Waals surface area contributed by atoms with Gasteiger partial charge in [-0.1, -0.05) is 0 Å². The van der Waals surface area contributed by atoms with Gasteiger partial charge in [-0.25, -0.2) is 4.79 Å². The Morgan fingerprint density at radius 3 is 2.58 bits per heavy atom. The third-order valence-corrected chi connectivity index (χ3v) is 6.06. The first-order chi connectivity index (χ1) is 11.4. The van der Waals surface area contributed by atoms with Crippen LogP contribution in [0.3, 0.4) is 0 Å². The van der Waals surface area contributed by atoms with Gasteiger partial charge < -0.3 is 15.2 Å². The van der Waals surface area contributed by atoms with E-state index in [0.717, 1.165) is 24.1 Å². The number of anilines is 1. The number of rotatable bonds is 5. The summed E-state index contributed by atoms with van der Waals surface area (Å²) in [7, 11) is 0. The zero-order valence-electron chi connectivity index (χ0n) is 13.7. The number of hydrogen-bond acceptors (Lipinski definition) is 5. The molecule has 0 aromatic carbocycles. The molecule has 1 heterocycles. The van der Waals surface area contributed by atoms with E-state index in [1.807, 2.05) is 6.92 Å². The van der Waals surface area contributed by atoms with Gasteiger partial charge in [0, 0.05) is 4.88 Å². The predicted molar refractivity (Wildman–Crippen MR) is 89.1 cm³/mol. The maximum absolute atomic E-state index is 12.7. The van der Waals surface area contributed by atoms with E-state index < -0.39 is 23.8 Å². The quantitative estimate of drug-likeness (QED) is 0.796. The number of carboxylic acids is 1. The average molecular weight is 351 g/mol. The second-order valence-corrected chi connectivity index (χ2v) is 7.79. The van der Waals surface area contributed by atoms with Crippen LogP contribution < -0.4 is 5.32 Å². The molecule has 24 heavy (non-hydrogen) atoms. The monoisotopic (exact) mass is 351 g/mol. The third kappa shape index (κ3) is 2.92. The van der Waals surface area contributed by atoms with E-state index in [0.29, 0.717) is 10.6 Å². The molecule has 1 aromatic rings. The van der Waals surface area contributed by atoms with E-state index >= 15 is 0 Å². The number of hydrogen-bond donors (Lipinski definition) is 2. The number of nitrogens with one attached hydrogen (secondary N) is 1. The van der Waals surface area contributed by atoms with E-state index in [1.54, 1.807) is 13.0 Å². The molecule has 2 aliphatic rings. The second kappa shape index (κ2) is 6.55. The molecule has 2 N–H and O–H groups in total. The molecule has 0 unspecified atom stereocenters. The second-order valence-electron chi connectivity index (χ2n) is 6.53. The summed E-state index contributed by atoms with van der Waals surface area (Å²) < 4.78 is 5.02. The first kappa shape index (κ1) is 17.0. The number of ether oxygens (including phenoxy) is 1. The van der Waals surface area contributed by atoms with Gasteiger partial charge in [0.15, 0.2) is 0 Å². The lowest BCUT2D eigenvalue weighted by Gasteiger charge is -2.26. The fraction of sp³-hybridized carbons (Fsp3) is 0.588. The van der Waals surface area contributed by atoms with E-state index in [1.165, 1.54) is 11.3 Å². The molecule has 2 bridgehead atoms. The molecule has 0 aliphatic heterocycles. The maximum atomic E-state index is 12.7. The van der Waals surface area contributed by atoms with Crippen molar-refractivity contribution < 1.29 is 24.2 Å². The summed E-state index contributed by atoms with van der Waals surface area (Å²) in [4.78, 5) is 37.2. The molecule has 2 fully saturated rings. The Morgan fingerprint density at radius 2 is 1.96 bits per heavy atom. The highest BCUT2D eigenvalue weighted by Gasteiger charge is 2.54. The van der Waals surface area contributed by atoms with Gasteiger partial charge in [0.05, 0.1) is 24.0 Å². The molecule has 2 aliphatic carbocycles. The van der Waals surface area contributed by atoms with Gasteiger partial charge in [-0.15, -0.1) is 11.3 Å². The smallest absolute Gasteiger partial charge is 0.341 e. The maximum Gasteiger partial charge on any atom is 0.341 e. The molecular formula is C17H21NO5S. The molecule has 1 aromatic heterocycles. The molecule has 0 spiro atoms. The molecular weight excluding hydrogens is 330 g/mol. The van der Waals surface area contributed by atoms with Crippen molar-refractivity contribution in [3.05, 3.63) is 16.5 Å². The number of thiophene rings is 1. The zero-order chi connectivity index (χ0) is 17.4. The summed E-state index contributed by atoms with van der Waals surface area (Å²) >= 11 is 1.31. The van der Waals surface area contributed by atoms with Crippen molar-refractivity contribution in [1.82, 2.24) is 0 Å². The van der Waals surface area contributed by atoms with Crippen molar-refractivity contribution in [2.75, 3.05) is 11.9 Å². The van der Waals surface area contributed by atoms with Gasteiger partial charge in [-0.05, 0) is 51.0 Å². The van der Waals surface area contributed by atoms with Gasteiger partial charge in [0.1, 0.15) is 5.00 Å².